The lowest BCUT2D eigenvalue weighted by Crippen LogP contribution is -2.45. The number of hydrogen-bond donors (Lipinski definition) is 1. The highest BCUT2D eigenvalue weighted by molar-refractivity contribution is 5.89. The molecule has 1 aromatic heterocycles. The molecule has 3 heterocycles. The van der Waals surface area contributed by atoms with Gasteiger partial charge in [-0.3, -0.25) is 9.59 Å². The van der Waals surface area contributed by atoms with Crippen molar-refractivity contribution in [2.24, 2.45) is 5.92 Å². The average molecular weight is 328 g/mol. The number of pyridine rings is 1. The molecular formula is C18H24N4O2. The summed E-state index contributed by atoms with van der Waals surface area (Å²) < 4.78 is 0. The second-order valence-electron chi connectivity index (χ2n) is 7.14. The summed E-state index contributed by atoms with van der Waals surface area (Å²) in [5.74, 6) is 1.10. The van der Waals surface area contributed by atoms with Crippen LogP contribution in [-0.4, -0.2) is 58.3 Å². The lowest BCUT2D eigenvalue weighted by Gasteiger charge is -2.34. The molecule has 1 aliphatic carbocycles. The van der Waals surface area contributed by atoms with Gasteiger partial charge >= 0.3 is 0 Å². The van der Waals surface area contributed by atoms with E-state index in [9.17, 15) is 9.59 Å². The molecule has 0 spiro atoms. The molecule has 0 bridgehead atoms. The van der Waals surface area contributed by atoms with Crippen molar-refractivity contribution in [2.45, 2.75) is 44.2 Å². The number of rotatable bonds is 4. The monoisotopic (exact) mass is 328 g/mol. The van der Waals surface area contributed by atoms with Crippen LogP contribution >= 0.6 is 0 Å². The molecule has 2 amide bonds. The SMILES string of the molecule is O=C([C@@H]1CC(=O)N(C2CC2)C1)N1CCC(Nc2ccccn2)CC1. The first-order valence-electron chi connectivity index (χ1n) is 8.96. The predicted molar refractivity (Wildman–Crippen MR) is 90.3 cm³/mol. The van der Waals surface area contributed by atoms with Crippen LogP contribution in [0, 0.1) is 5.92 Å². The molecule has 24 heavy (non-hydrogen) atoms. The number of carbonyl (C=O) groups excluding carboxylic acids is 2. The highest BCUT2D eigenvalue weighted by Crippen LogP contribution is 2.33. The van der Waals surface area contributed by atoms with E-state index in [1.807, 2.05) is 28.0 Å². The Labute approximate surface area is 142 Å². The first kappa shape index (κ1) is 15.4. The minimum absolute atomic E-state index is 0.126. The molecule has 6 nitrogen and oxygen atoms in total. The fourth-order valence-corrected chi connectivity index (χ4v) is 3.80. The van der Waals surface area contributed by atoms with Crippen LogP contribution in [0.1, 0.15) is 32.1 Å². The average Bonchev–Trinajstić information content (AvgIpc) is 3.38. The smallest absolute Gasteiger partial charge is 0.227 e. The van der Waals surface area contributed by atoms with Crippen molar-refractivity contribution in [3.05, 3.63) is 24.4 Å². The van der Waals surface area contributed by atoms with Gasteiger partial charge in [0, 0.05) is 44.3 Å². The fraction of sp³-hybridized carbons (Fsp3) is 0.611. The van der Waals surface area contributed by atoms with E-state index in [2.05, 4.69) is 10.3 Å². The van der Waals surface area contributed by atoms with Crippen molar-refractivity contribution in [3.63, 3.8) is 0 Å². The van der Waals surface area contributed by atoms with Crippen molar-refractivity contribution >= 4 is 17.6 Å². The topological polar surface area (TPSA) is 65.5 Å². The number of hydrogen-bond acceptors (Lipinski definition) is 4. The van der Waals surface area contributed by atoms with E-state index in [1.165, 1.54) is 0 Å². The standard InChI is InChI=1S/C18H24N4O2/c23-17-11-13(12-22(17)15-4-5-15)18(24)21-9-6-14(7-10-21)20-16-3-1-2-8-19-16/h1-3,8,13-15H,4-7,9-12H2,(H,19,20)/t13-/m1/s1. The highest BCUT2D eigenvalue weighted by atomic mass is 16.2. The van der Waals surface area contributed by atoms with Crippen LogP contribution in [0.5, 0.6) is 0 Å². The Morgan fingerprint density at radius 2 is 1.96 bits per heavy atom. The Balaban J connectivity index is 1.28. The van der Waals surface area contributed by atoms with Gasteiger partial charge in [-0.05, 0) is 37.8 Å². The quantitative estimate of drug-likeness (QED) is 0.909. The van der Waals surface area contributed by atoms with Gasteiger partial charge in [-0.15, -0.1) is 0 Å². The van der Waals surface area contributed by atoms with Crippen molar-refractivity contribution in [3.8, 4) is 0 Å². The number of likely N-dealkylation sites (tertiary alicyclic amines) is 2. The van der Waals surface area contributed by atoms with Gasteiger partial charge in [-0.1, -0.05) is 6.07 Å². The van der Waals surface area contributed by atoms with Crippen LogP contribution in [0.2, 0.25) is 0 Å². The normalized spacial score (nSPS) is 25.2. The van der Waals surface area contributed by atoms with E-state index in [4.69, 9.17) is 0 Å². The predicted octanol–water partition coefficient (Wildman–Crippen LogP) is 1.50. The van der Waals surface area contributed by atoms with Gasteiger partial charge in [0.2, 0.25) is 11.8 Å². The number of carbonyl (C=O) groups is 2. The number of nitrogens with one attached hydrogen (secondary N) is 1. The maximum atomic E-state index is 12.7. The van der Waals surface area contributed by atoms with Gasteiger partial charge in [0.05, 0.1) is 5.92 Å². The maximum absolute atomic E-state index is 12.7. The number of piperidine rings is 1. The minimum atomic E-state index is -0.126. The fourth-order valence-electron chi connectivity index (χ4n) is 3.80. The van der Waals surface area contributed by atoms with Crippen LogP contribution in [0.25, 0.3) is 0 Å². The van der Waals surface area contributed by atoms with Crippen molar-refractivity contribution < 1.29 is 9.59 Å². The van der Waals surface area contributed by atoms with Crippen LogP contribution in [-0.2, 0) is 9.59 Å². The first-order valence-corrected chi connectivity index (χ1v) is 8.96. The van der Waals surface area contributed by atoms with E-state index in [0.717, 1.165) is 44.6 Å². The van der Waals surface area contributed by atoms with Crippen molar-refractivity contribution in [2.75, 3.05) is 25.0 Å². The van der Waals surface area contributed by atoms with E-state index in [-0.39, 0.29) is 17.7 Å². The second-order valence-corrected chi connectivity index (χ2v) is 7.14. The zero-order valence-electron chi connectivity index (χ0n) is 13.9. The zero-order valence-corrected chi connectivity index (χ0v) is 13.9. The van der Waals surface area contributed by atoms with E-state index in [0.29, 0.717) is 25.0 Å². The third kappa shape index (κ3) is 3.23. The summed E-state index contributed by atoms with van der Waals surface area (Å²) in [6.07, 6.45) is 6.25. The molecule has 1 saturated carbocycles. The molecule has 2 saturated heterocycles. The summed E-state index contributed by atoms with van der Waals surface area (Å²) in [7, 11) is 0. The molecule has 1 aromatic rings. The van der Waals surface area contributed by atoms with Gasteiger partial charge < -0.3 is 15.1 Å². The van der Waals surface area contributed by atoms with Gasteiger partial charge in [0.25, 0.3) is 0 Å². The summed E-state index contributed by atoms with van der Waals surface area (Å²) in [4.78, 5) is 32.9. The highest BCUT2D eigenvalue weighted by Gasteiger charge is 2.43. The molecule has 0 radical (unpaired) electrons. The summed E-state index contributed by atoms with van der Waals surface area (Å²) in [6, 6.07) is 6.62. The lowest BCUT2D eigenvalue weighted by atomic mass is 10.0. The molecule has 1 N–H and O–H groups in total. The van der Waals surface area contributed by atoms with E-state index in [1.54, 1.807) is 6.20 Å². The Bertz CT molecular complexity index is 609. The van der Waals surface area contributed by atoms with E-state index >= 15 is 0 Å². The van der Waals surface area contributed by atoms with Crippen LogP contribution in [0.4, 0.5) is 5.82 Å². The minimum Gasteiger partial charge on any atom is -0.367 e. The van der Waals surface area contributed by atoms with Crippen LogP contribution in [0.15, 0.2) is 24.4 Å². The first-order chi connectivity index (χ1) is 11.7. The number of nitrogens with zero attached hydrogens (tertiary/aromatic N) is 3. The molecule has 2 aliphatic heterocycles. The Kier molecular flexibility index (Phi) is 4.12. The molecule has 1 atom stereocenters. The summed E-state index contributed by atoms with van der Waals surface area (Å²) >= 11 is 0. The summed E-state index contributed by atoms with van der Waals surface area (Å²) in [5, 5.41) is 3.44. The van der Waals surface area contributed by atoms with E-state index < -0.39 is 0 Å². The molecule has 0 aromatic carbocycles. The molecule has 128 valence electrons. The third-order valence-electron chi connectivity index (χ3n) is 5.32. The second kappa shape index (κ2) is 6.42. The molecule has 6 heteroatoms. The van der Waals surface area contributed by atoms with Gasteiger partial charge in [0.15, 0.2) is 0 Å². The zero-order chi connectivity index (χ0) is 16.5. The summed E-state index contributed by atoms with van der Waals surface area (Å²) in [5.41, 5.74) is 0. The Morgan fingerprint density at radius 3 is 2.62 bits per heavy atom. The van der Waals surface area contributed by atoms with Gasteiger partial charge in [0.1, 0.15) is 5.82 Å². The summed E-state index contributed by atoms with van der Waals surface area (Å²) in [6.45, 7) is 2.16. The largest absolute Gasteiger partial charge is 0.367 e. The number of aromatic nitrogens is 1. The molecule has 3 aliphatic rings. The third-order valence-corrected chi connectivity index (χ3v) is 5.32. The Hall–Kier alpha value is -2.11. The van der Waals surface area contributed by atoms with Crippen molar-refractivity contribution in [1.29, 1.82) is 0 Å². The van der Waals surface area contributed by atoms with Crippen LogP contribution < -0.4 is 5.32 Å². The van der Waals surface area contributed by atoms with Crippen molar-refractivity contribution in [1.82, 2.24) is 14.8 Å². The van der Waals surface area contributed by atoms with Crippen LogP contribution in [0.3, 0.4) is 0 Å². The molecule has 0 unspecified atom stereocenters. The maximum Gasteiger partial charge on any atom is 0.227 e. The van der Waals surface area contributed by atoms with Gasteiger partial charge in [-0.2, -0.15) is 0 Å². The van der Waals surface area contributed by atoms with Gasteiger partial charge in [-0.25, -0.2) is 4.98 Å². The number of anilines is 1. The molecule has 3 fully saturated rings. The Morgan fingerprint density at radius 1 is 1.17 bits per heavy atom. The lowest BCUT2D eigenvalue weighted by molar-refractivity contribution is -0.136. The number of amides is 2. The molecular weight excluding hydrogens is 304 g/mol. The molecule has 4 rings (SSSR count).